The maximum atomic E-state index is 2.29. The molecule has 0 heteroatoms. The Morgan fingerprint density at radius 1 is 0.667 bits per heavy atom. The van der Waals surface area contributed by atoms with Crippen LogP contribution in [0.3, 0.4) is 0 Å². The van der Waals surface area contributed by atoms with Gasteiger partial charge in [-0.25, -0.2) is 0 Å². The molecule has 0 unspecified atom stereocenters. The Kier molecular flexibility index (Phi) is 17.6. The highest BCUT2D eigenvalue weighted by molar-refractivity contribution is 5.27. The molecule has 1 rings (SSSR count). The number of rotatable bonds is 6. The quantitative estimate of drug-likeness (QED) is 0.511. The van der Waals surface area contributed by atoms with Gasteiger partial charge in [-0.1, -0.05) is 85.1 Å². The van der Waals surface area contributed by atoms with Gasteiger partial charge in [-0.15, -0.1) is 0 Å². The molecule has 0 fully saturated rings. The monoisotopic (exact) mass is 250 g/mol. The first-order valence-corrected chi connectivity index (χ1v) is 7.95. The summed E-state index contributed by atoms with van der Waals surface area (Å²) < 4.78 is 0. The van der Waals surface area contributed by atoms with Gasteiger partial charge < -0.3 is 0 Å². The van der Waals surface area contributed by atoms with Crippen LogP contribution in [0.1, 0.15) is 78.4 Å². The molecule has 0 nitrogen and oxygen atoms in total. The molecule has 0 aliphatic rings. The van der Waals surface area contributed by atoms with Gasteiger partial charge in [0, 0.05) is 0 Å². The van der Waals surface area contributed by atoms with Crippen molar-refractivity contribution < 1.29 is 0 Å². The van der Waals surface area contributed by atoms with Crippen LogP contribution in [0.2, 0.25) is 0 Å². The molecule has 18 heavy (non-hydrogen) atoms. The summed E-state index contributed by atoms with van der Waals surface area (Å²) in [6.07, 6.45) is 7.78. The lowest BCUT2D eigenvalue weighted by molar-refractivity contribution is 0.711. The zero-order valence-electron chi connectivity index (χ0n) is 13.6. The summed E-state index contributed by atoms with van der Waals surface area (Å²) in [4.78, 5) is 0. The van der Waals surface area contributed by atoms with Gasteiger partial charge in [-0.3, -0.25) is 0 Å². The van der Waals surface area contributed by atoms with Crippen molar-refractivity contribution in [2.45, 2.75) is 80.1 Å². The molecule has 106 valence electrons. The second-order valence-corrected chi connectivity index (χ2v) is 3.98. The van der Waals surface area contributed by atoms with Crippen molar-refractivity contribution in [1.82, 2.24) is 0 Å². The molecule has 0 N–H and O–H groups in total. The molecule has 0 amide bonds. The first kappa shape index (κ1) is 19.6. The fraction of sp³-hybridized carbons (Fsp3) is 0.667. The van der Waals surface area contributed by atoms with E-state index >= 15 is 0 Å². The number of aryl methyl sites for hydroxylation is 2. The lowest BCUT2D eigenvalue weighted by Gasteiger charge is -2.07. The van der Waals surface area contributed by atoms with E-state index in [0.717, 1.165) is 0 Å². The first-order valence-electron chi connectivity index (χ1n) is 7.95. The summed E-state index contributed by atoms with van der Waals surface area (Å²) in [6.45, 7) is 12.5. The Balaban J connectivity index is 0. The van der Waals surface area contributed by atoms with Crippen LogP contribution in [0, 0.1) is 0 Å². The minimum absolute atomic E-state index is 1.24. The largest absolute Gasteiger partial charge is 0.0683 e. The van der Waals surface area contributed by atoms with Gasteiger partial charge in [-0.2, -0.15) is 0 Å². The van der Waals surface area contributed by atoms with Gasteiger partial charge in [0.1, 0.15) is 0 Å². The van der Waals surface area contributed by atoms with Crippen LogP contribution >= 0.6 is 0 Å². The van der Waals surface area contributed by atoms with Crippen molar-refractivity contribution in [3.05, 3.63) is 35.4 Å². The molecule has 0 saturated heterocycles. The minimum Gasteiger partial charge on any atom is -0.0683 e. The van der Waals surface area contributed by atoms with Crippen molar-refractivity contribution >= 4 is 0 Å². The van der Waals surface area contributed by atoms with Crippen LogP contribution in [0.15, 0.2) is 24.3 Å². The van der Waals surface area contributed by atoms with Crippen LogP contribution in [-0.4, -0.2) is 0 Å². The lowest BCUT2D eigenvalue weighted by Crippen LogP contribution is -1.93. The summed E-state index contributed by atoms with van der Waals surface area (Å²) in [7, 11) is 0. The summed E-state index contributed by atoms with van der Waals surface area (Å²) in [6, 6.07) is 8.90. The van der Waals surface area contributed by atoms with E-state index in [0.29, 0.717) is 0 Å². The first-order chi connectivity index (χ1) is 8.88. The normalized spacial score (nSPS) is 8.78. The van der Waals surface area contributed by atoms with E-state index in [9.17, 15) is 0 Å². The third kappa shape index (κ3) is 9.27. The second-order valence-electron chi connectivity index (χ2n) is 3.98. The van der Waals surface area contributed by atoms with E-state index in [1.54, 1.807) is 11.1 Å². The summed E-state index contributed by atoms with van der Waals surface area (Å²) >= 11 is 0. The molecule has 0 radical (unpaired) electrons. The zero-order valence-corrected chi connectivity index (χ0v) is 13.6. The van der Waals surface area contributed by atoms with Gasteiger partial charge in [0.05, 0.1) is 0 Å². The van der Waals surface area contributed by atoms with Crippen LogP contribution in [0.25, 0.3) is 0 Å². The number of hydrogen-bond acceptors (Lipinski definition) is 0. The molecular weight excluding hydrogens is 216 g/mol. The molecule has 0 bridgehead atoms. The molecule has 0 spiro atoms. The molecule has 0 heterocycles. The Bertz CT molecular complexity index is 250. The summed E-state index contributed by atoms with van der Waals surface area (Å²) in [5.41, 5.74) is 3.13. The van der Waals surface area contributed by atoms with E-state index in [1.165, 1.54) is 38.5 Å². The molecule has 1 aromatic carbocycles. The van der Waals surface area contributed by atoms with Crippen LogP contribution in [-0.2, 0) is 12.8 Å². The van der Waals surface area contributed by atoms with Crippen molar-refractivity contribution in [2.75, 3.05) is 0 Å². The van der Waals surface area contributed by atoms with E-state index in [-0.39, 0.29) is 0 Å². The Hall–Kier alpha value is -0.780. The van der Waals surface area contributed by atoms with E-state index in [2.05, 4.69) is 38.1 Å². The molecule has 0 aliphatic carbocycles. The van der Waals surface area contributed by atoms with Crippen LogP contribution < -0.4 is 0 Å². The Morgan fingerprint density at radius 3 is 1.61 bits per heavy atom. The average Bonchev–Trinajstić information content (AvgIpc) is 2.46. The van der Waals surface area contributed by atoms with Crippen LogP contribution in [0.4, 0.5) is 0 Å². The maximum Gasteiger partial charge on any atom is -0.0276 e. The molecule has 0 saturated carbocycles. The van der Waals surface area contributed by atoms with Crippen molar-refractivity contribution in [3.8, 4) is 0 Å². The van der Waals surface area contributed by atoms with Crippen molar-refractivity contribution in [3.63, 3.8) is 0 Å². The molecule has 0 atom stereocenters. The second kappa shape index (κ2) is 16.2. The Labute approximate surface area is 116 Å². The minimum atomic E-state index is 1.24. The third-order valence-electron chi connectivity index (χ3n) is 2.69. The fourth-order valence-electron chi connectivity index (χ4n) is 1.88. The van der Waals surface area contributed by atoms with Crippen molar-refractivity contribution in [1.29, 1.82) is 0 Å². The number of hydrogen-bond donors (Lipinski definition) is 0. The van der Waals surface area contributed by atoms with E-state index < -0.39 is 0 Å². The predicted molar refractivity (Wildman–Crippen MR) is 86.4 cm³/mol. The van der Waals surface area contributed by atoms with E-state index in [1.807, 2.05) is 27.7 Å². The third-order valence-corrected chi connectivity index (χ3v) is 2.69. The van der Waals surface area contributed by atoms with Gasteiger partial charge in [-0.05, 0) is 30.4 Å². The van der Waals surface area contributed by atoms with Gasteiger partial charge in [0.25, 0.3) is 0 Å². The molecule has 1 aromatic rings. The molecule has 0 aromatic heterocycles. The number of benzene rings is 1. The molecular formula is C18H34. The topological polar surface area (TPSA) is 0 Å². The summed E-state index contributed by atoms with van der Waals surface area (Å²) in [5.74, 6) is 0. The SMILES string of the molecule is CC.CC.CCCCCc1ccccc1CCC. The van der Waals surface area contributed by atoms with Gasteiger partial charge in [0.2, 0.25) is 0 Å². The zero-order chi connectivity index (χ0) is 14.2. The highest BCUT2D eigenvalue weighted by Crippen LogP contribution is 2.14. The Morgan fingerprint density at radius 2 is 1.17 bits per heavy atom. The highest BCUT2D eigenvalue weighted by atomic mass is 14.0. The standard InChI is InChI=1S/C14H22.2C2H6/c1-3-5-6-10-14-12-8-7-11-13(14)9-4-2;2*1-2/h7-8,11-12H,3-6,9-10H2,1-2H3;2*1-2H3. The highest BCUT2D eigenvalue weighted by Gasteiger charge is 1.99. The maximum absolute atomic E-state index is 2.29. The van der Waals surface area contributed by atoms with Crippen molar-refractivity contribution in [2.24, 2.45) is 0 Å². The number of unbranched alkanes of at least 4 members (excludes halogenated alkanes) is 2. The lowest BCUT2D eigenvalue weighted by atomic mass is 9.98. The fourth-order valence-corrected chi connectivity index (χ4v) is 1.88. The molecule has 0 aliphatic heterocycles. The van der Waals surface area contributed by atoms with E-state index in [4.69, 9.17) is 0 Å². The van der Waals surface area contributed by atoms with Gasteiger partial charge in [0.15, 0.2) is 0 Å². The predicted octanol–water partition coefficient (Wildman–Crippen LogP) is 6.42. The smallest absolute Gasteiger partial charge is 0.0276 e. The van der Waals surface area contributed by atoms with Crippen LogP contribution in [0.5, 0.6) is 0 Å². The summed E-state index contributed by atoms with van der Waals surface area (Å²) in [5, 5.41) is 0. The van der Waals surface area contributed by atoms with Gasteiger partial charge >= 0.3 is 0 Å². The average molecular weight is 250 g/mol.